The summed E-state index contributed by atoms with van der Waals surface area (Å²) in [6.45, 7) is 6.11. The second-order valence-electron chi connectivity index (χ2n) is 7.73. The van der Waals surface area contributed by atoms with Crippen molar-refractivity contribution in [1.29, 1.82) is 0 Å². The normalized spacial score (nSPS) is 12.0. The average Bonchev–Trinajstić information content (AvgIpc) is 3.37. The predicted molar refractivity (Wildman–Crippen MR) is 121 cm³/mol. The monoisotopic (exact) mass is 548 g/mol. The predicted octanol–water partition coefficient (Wildman–Crippen LogP) is 5.06. The van der Waals surface area contributed by atoms with Crippen LogP contribution < -0.4 is 5.32 Å². The highest BCUT2D eigenvalue weighted by atomic mass is 32.1. The molecule has 0 aliphatic carbocycles. The lowest BCUT2D eigenvalue weighted by Crippen LogP contribution is -2.36. The van der Waals surface area contributed by atoms with Gasteiger partial charge >= 0.3 is 24.0 Å². The second-order valence-corrected chi connectivity index (χ2v) is 8.75. The van der Waals surface area contributed by atoms with Crippen molar-refractivity contribution in [3.05, 3.63) is 45.2 Å². The molecule has 0 saturated carbocycles. The Morgan fingerprint density at radius 3 is 2.32 bits per heavy atom. The van der Waals surface area contributed by atoms with Gasteiger partial charge in [-0.15, -0.1) is 11.3 Å². The molecule has 0 aliphatic rings. The maximum absolute atomic E-state index is 14.2. The fourth-order valence-electron chi connectivity index (χ4n) is 3.25. The van der Waals surface area contributed by atoms with Crippen LogP contribution in [0.15, 0.2) is 12.1 Å². The molecule has 1 amide bonds. The van der Waals surface area contributed by atoms with Gasteiger partial charge in [-0.1, -0.05) is 6.92 Å². The maximum Gasteiger partial charge on any atom is 0.459 e. The Labute approximate surface area is 210 Å². The number of amides is 1. The standard InChI is InChI=1S/C22H21F5N4O5S/c1-5-7-36-19(33)15-11(4)16(20(34)35-6-2)37-18(15)29-17(32)12-9-14-28-10(3)8-13(31(14)30-12)21(23,24)22(25,26)27/h8-9H,5-7H2,1-4H3,(H,29,32). The summed E-state index contributed by atoms with van der Waals surface area (Å²) in [5.41, 5.74) is -2.62. The number of hydrogen-bond acceptors (Lipinski definition) is 8. The number of nitrogens with zero attached hydrogens (tertiary/aromatic N) is 3. The molecule has 0 bridgehead atoms. The fraction of sp³-hybridized carbons (Fsp3) is 0.409. The number of aromatic nitrogens is 3. The lowest BCUT2D eigenvalue weighted by atomic mass is 10.1. The SMILES string of the molecule is CCCOC(=O)c1c(NC(=O)c2cc3nc(C)cc(C(F)(F)C(F)(F)F)n3n2)sc(C(=O)OCC)c1C. The first-order valence-electron chi connectivity index (χ1n) is 10.8. The number of esters is 2. The molecule has 3 aromatic heterocycles. The largest absolute Gasteiger partial charge is 0.462 e. The molecular weight excluding hydrogens is 527 g/mol. The zero-order chi connectivity index (χ0) is 27.7. The van der Waals surface area contributed by atoms with Crippen LogP contribution in [-0.4, -0.2) is 51.8 Å². The second kappa shape index (κ2) is 10.4. The summed E-state index contributed by atoms with van der Waals surface area (Å²) in [5, 5.41) is 5.85. The molecule has 0 fully saturated rings. The number of fused-ring (bicyclic) bond motifs is 1. The number of carbonyl (C=O) groups excluding carboxylic acids is 3. The molecule has 0 radical (unpaired) electrons. The Morgan fingerprint density at radius 1 is 1.05 bits per heavy atom. The third-order valence-corrected chi connectivity index (χ3v) is 6.13. The molecule has 0 spiro atoms. The minimum Gasteiger partial charge on any atom is -0.462 e. The number of halogens is 5. The van der Waals surface area contributed by atoms with Crippen LogP contribution in [-0.2, 0) is 15.4 Å². The Hall–Kier alpha value is -3.62. The van der Waals surface area contributed by atoms with E-state index in [-0.39, 0.29) is 44.4 Å². The zero-order valence-electron chi connectivity index (χ0n) is 20.0. The number of anilines is 1. The number of carbonyl (C=O) groups is 3. The van der Waals surface area contributed by atoms with E-state index in [4.69, 9.17) is 9.47 Å². The van der Waals surface area contributed by atoms with Gasteiger partial charge in [-0.2, -0.15) is 27.1 Å². The van der Waals surface area contributed by atoms with Crippen LogP contribution in [0.25, 0.3) is 5.65 Å². The molecule has 3 rings (SSSR count). The summed E-state index contributed by atoms with van der Waals surface area (Å²) >= 11 is 0.713. The van der Waals surface area contributed by atoms with Crippen LogP contribution in [0, 0.1) is 13.8 Å². The van der Waals surface area contributed by atoms with Crippen molar-refractivity contribution in [3.8, 4) is 0 Å². The van der Waals surface area contributed by atoms with Crippen molar-refractivity contribution in [2.45, 2.75) is 46.2 Å². The van der Waals surface area contributed by atoms with Crippen LogP contribution in [0.3, 0.4) is 0 Å². The van der Waals surface area contributed by atoms with Gasteiger partial charge in [0.05, 0.1) is 18.8 Å². The van der Waals surface area contributed by atoms with E-state index in [1.165, 1.54) is 13.8 Å². The van der Waals surface area contributed by atoms with Gasteiger partial charge in [0, 0.05) is 11.8 Å². The van der Waals surface area contributed by atoms with Crippen LogP contribution >= 0.6 is 11.3 Å². The Balaban J connectivity index is 2.06. The topological polar surface area (TPSA) is 112 Å². The van der Waals surface area contributed by atoms with Crippen LogP contribution in [0.4, 0.5) is 27.0 Å². The van der Waals surface area contributed by atoms with Crippen molar-refractivity contribution in [3.63, 3.8) is 0 Å². The molecule has 15 heteroatoms. The van der Waals surface area contributed by atoms with E-state index >= 15 is 0 Å². The number of rotatable bonds is 8. The summed E-state index contributed by atoms with van der Waals surface area (Å²) in [4.78, 5) is 41.8. The molecule has 0 aromatic carbocycles. The average molecular weight is 548 g/mol. The third-order valence-electron chi connectivity index (χ3n) is 4.94. The summed E-state index contributed by atoms with van der Waals surface area (Å²) in [7, 11) is 0. The molecule has 1 N–H and O–H groups in total. The highest BCUT2D eigenvalue weighted by molar-refractivity contribution is 7.18. The summed E-state index contributed by atoms with van der Waals surface area (Å²) in [5.74, 6) is -7.91. The van der Waals surface area contributed by atoms with Gasteiger partial charge < -0.3 is 14.8 Å². The smallest absolute Gasteiger partial charge is 0.459 e. The molecule has 200 valence electrons. The van der Waals surface area contributed by atoms with E-state index in [1.807, 2.05) is 0 Å². The van der Waals surface area contributed by atoms with Crippen molar-refractivity contribution in [2.24, 2.45) is 0 Å². The van der Waals surface area contributed by atoms with E-state index < -0.39 is 47.0 Å². The van der Waals surface area contributed by atoms with Crippen molar-refractivity contribution in [2.75, 3.05) is 18.5 Å². The highest BCUT2D eigenvalue weighted by Crippen LogP contribution is 2.44. The molecule has 9 nitrogen and oxygen atoms in total. The third kappa shape index (κ3) is 5.40. The summed E-state index contributed by atoms with van der Waals surface area (Å²) in [6, 6.07) is 1.44. The Morgan fingerprint density at radius 2 is 1.73 bits per heavy atom. The fourth-order valence-corrected chi connectivity index (χ4v) is 4.34. The number of ether oxygens (including phenoxy) is 2. The number of aryl methyl sites for hydroxylation is 1. The minimum atomic E-state index is -5.92. The molecule has 0 aliphatic heterocycles. The van der Waals surface area contributed by atoms with Gasteiger partial charge in [0.1, 0.15) is 15.6 Å². The molecule has 37 heavy (non-hydrogen) atoms. The quantitative estimate of drug-likeness (QED) is 0.310. The van der Waals surface area contributed by atoms with Crippen LogP contribution in [0.2, 0.25) is 0 Å². The minimum absolute atomic E-state index is 0.0139. The molecule has 0 unspecified atom stereocenters. The van der Waals surface area contributed by atoms with Crippen molar-refractivity contribution in [1.82, 2.24) is 14.6 Å². The maximum atomic E-state index is 14.2. The zero-order valence-corrected chi connectivity index (χ0v) is 20.8. The summed E-state index contributed by atoms with van der Waals surface area (Å²) in [6.07, 6.45) is -5.42. The molecule has 0 atom stereocenters. The number of hydrogen-bond donors (Lipinski definition) is 1. The van der Waals surface area contributed by atoms with Gasteiger partial charge in [-0.3, -0.25) is 4.79 Å². The highest BCUT2D eigenvalue weighted by Gasteiger charge is 2.60. The number of thiophene rings is 1. The van der Waals surface area contributed by atoms with Crippen LogP contribution in [0.5, 0.6) is 0 Å². The van der Waals surface area contributed by atoms with E-state index in [1.54, 1.807) is 13.8 Å². The molecule has 0 saturated heterocycles. The number of alkyl halides is 5. The van der Waals surface area contributed by atoms with E-state index in [0.717, 1.165) is 6.07 Å². The van der Waals surface area contributed by atoms with Crippen LogP contribution in [0.1, 0.15) is 67.7 Å². The lowest BCUT2D eigenvalue weighted by Gasteiger charge is -2.20. The van der Waals surface area contributed by atoms with Crippen molar-refractivity contribution >= 4 is 39.8 Å². The molecule has 3 aromatic rings. The van der Waals surface area contributed by atoms with Gasteiger partial charge in [0.2, 0.25) is 0 Å². The summed E-state index contributed by atoms with van der Waals surface area (Å²) < 4.78 is 77.7. The van der Waals surface area contributed by atoms with Crippen molar-refractivity contribution < 1.29 is 45.8 Å². The van der Waals surface area contributed by atoms with E-state index in [9.17, 15) is 36.3 Å². The number of nitrogens with one attached hydrogen (secondary N) is 1. The van der Waals surface area contributed by atoms with Gasteiger partial charge in [-0.25, -0.2) is 19.1 Å². The Bertz CT molecular complexity index is 1370. The van der Waals surface area contributed by atoms with Gasteiger partial charge in [0.15, 0.2) is 11.3 Å². The molecule has 3 heterocycles. The first kappa shape index (κ1) is 28.0. The molecular formula is C22H21F5N4O5S. The van der Waals surface area contributed by atoms with Gasteiger partial charge in [-0.05, 0) is 38.8 Å². The first-order valence-corrected chi connectivity index (χ1v) is 11.7. The first-order chi connectivity index (χ1) is 17.2. The lowest BCUT2D eigenvalue weighted by molar-refractivity contribution is -0.291. The van der Waals surface area contributed by atoms with E-state index in [0.29, 0.717) is 23.8 Å². The Kier molecular flexibility index (Phi) is 7.86. The van der Waals surface area contributed by atoms with E-state index in [2.05, 4.69) is 15.4 Å². The van der Waals surface area contributed by atoms with Gasteiger partial charge in [0.25, 0.3) is 5.91 Å².